The number of hydrogen-bond donors (Lipinski definition) is 2. The molecule has 1 saturated carbocycles. The zero-order chi connectivity index (χ0) is 16.1. The molecule has 0 unspecified atom stereocenters. The van der Waals surface area contributed by atoms with Gasteiger partial charge in [-0.15, -0.1) is 0 Å². The molecular weight excluding hydrogens is 287 g/mol. The fraction of sp³-hybridized carbons (Fsp3) is 0.562. The Morgan fingerprint density at radius 3 is 2.95 bits per heavy atom. The largest absolute Gasteiger partial charge is 0.488 e. The number of nitrogens with zero attached hydrogens (tertiary/aromatic N) is 1. The second kappa shape index (κ2) is 7.56. The highest BCUT2D eigenvalue weighted by molar-refractivity contribution is 5.76. The van der Waals surface area contributed by atoms with Gasteiger partial charge in [-0.2, -0.15) is 0 Å². The molecule has 0 radical (unpaired) electrons. The van der Waals surface area contributed by atoms with Gasteiger partial charge in [-0.25, -0.2) is 4.39 Å². The van der Waals surface area contributed by atoms with E-state index in [4.69, 9.17) is 10.5 Å². The minimum atomic E-state index is -0.802. The number of amides is 1. The predicted molar refractivity (Wildman–Crippen MR) is 80.9 cm³/mol. The van der Waals surface area contributed by atoms with Crippen molar-refractivity contribution in [2.75, 3.05) is 13.6 Å². The van der Waals surface area contributed by atoms with E-state index in [2.05, 4.69) is 0 Å². The third kappa shape index (κ3) is 3.96. The van der Waals surface area contributed by atoms with Crippen molar-refractivity contribution in [2.45, 2.75) is 43.9 Å². The lowest BCUT2D eigenvalue weighted by Crippen LogP contribution is -2.53. The van der Waals surface area contributed by atoms with Crippen molar-refractivity contribution in [1.29, 1.82) is 0 Å². The zero-order valence-corrected chi connectivity index (χ0v) is 12.7. The molecule has 1 aliphatic carbocycles. The summed E-state index contributed by atoms with van der Waals surface area (Å²) < 4.78 is 18.9. The smallest absolute Gasteiger partial charge is 0.223 e. The van der Waals surface area contributed by atoms with E-state index < -0.39 is 12.2 Å². The Balaban J connectivity index is 2.03. The Labute approximate surface area is 129 Å². The van der Waals surface area contributed by atoms with Crippen LogP contribution in [0.1, 0.15) is 25.7 Å². The molecule has 1 amide bonds. The molecule has 0 bridgehead atoms. The lowest BCUT2D eigenvalue weighted by atomic mass is 9.88. The number of carbonyl (C=O) groups is 1. The van der Waals surface area contributed by atoms with Gasteiger partial charge in [0, 0.05) is 26.1 Å². The molecule has 6 heteroatoms. The minimum absolute atomic E-state index is 0.0852. The number of carbonyl (C=O) groups excluding carboxylic acids is 1. The van der Waals surface area contributed by atoms with Crippen LogP contribution in [-0.4, -0.2) is 47.8 Å². The number of halogens is 1. The van der Waals surface area contributed by atoms with Crippen LogP contribution in [-0.2, 0) is 4.79 Å². The summed E-state index contributed by atoms with van der Waals surface area (Å²) in [4.78, 5) is 13.5. The molecule has 0 aliphatic heterocycles. The Kier molecular flexibility index (Phi) is 5.74. The van der Waals surface area contributed by atoms with Crippen LogP contribution in [0.15, 0.2) is 24.3 Å². The summed E-state index contributed by atoms with van der Waals surface area (Å²) in [6.45, 7) is 0.287. The van der Waals surface area contributed by atoms with Crippen LogP contribution in [0.4, 0.5) is 4.39 Å². The molecule has 2 rings (SSSR count). The van der Waals surface area contributed by atoms with Crippen molar-refractivity contribution in [2.24, 2.45) is 5.73 Å². The summed E-state index contributed by atoms with van der Waals surface area (Å²) in [5.41, 5.74) is 5.40. The third-order valence-electron chi connectivity index (χ3n) is 4.10. The van der Waals surface area contributed by atoms with Crippen molar-refractivity contribution < 1.29 is 19.0 Å². The highest BCUT2D eigenvalue weighted by atomic mass is 19.1. The minimum Gasteiger partial charge on any atom is -0.488 e. The number of aliphatic hydroxyl groups is 1. The number of rotatable bonds is 5. The average molecular weight is 310 g/mol. The Morgan fingerprint density at radius 1 is 1.50 bits per heavy atom. The third-order valence-corrected chi connectivity index (χ3v) is 4.10. The Hall–Kier alpha value is -1.66. The molecule has 0 aromatic heterocycles. The van der Waals surface area contributed by atoms with Crippen molar-refractivity contribution in [3.8, 4) is 5.75 Å². The number of hydrogen-bond acceptors (Lipinski definition) is 4. The first-order chi connectivity index (χ1) is 10.5. The van der Waals surface area contributed by atoms with Gasteiger partial charge in [-0.3, -0.25) is 4.79 Å². The molecule has 3 atom stereocenters. The second-order valence-corrected chi connectivity index (χ2v) is 5.65. The molecule has 1 aliphatic rings. The lowest BCUT2D eigenvalue weighted by molar-refractivity contribution is -0.137. The van der Waals surface area contributed by atoms with Crippen molar-refractivity contribution in [1.82, 2.24) is 4.90 Å². The summed E-state index contributed by atoms with van der Waals surface area (Å²) in [6, 6.07) is 5.55. The molecule has 122 valence electrons. The van der Waals surface area contributed by atoms with E-state index in [-0.39, 0.29) is 30.7 Å². The van der Waals surface area contributed by atoms with Gasteiger partial charge in [0.05, 0.1) is 6.04 Å². The van der Waals surface area contributed by atoms with Gasteiger partial charge < -0.3 is 20.5 Å². The molecule has 0 saturated heterocycles. The maximum Gasteiger partial charge on any atom is 0.223 e. The molecule has 1 aromatic rings. The zero-order valence-electron chi connectivity index (χ0n) is 12.7. The summed E-state index contributed by atoms with van der Waals surface area (Å²) in [5, 5.41) is 10.5. The summed E-state index contributed by atoms with van der Waals surface area (Å²) in [6.07, 6.45) is 1.23. The van der Waals surface area contributed by atoms with E-state index in [1.165, 1.54) is 12.1 Å². The second-order valence-electron chi connectivity index (χ2n) is 5.65. The average Bonchev–Trinajstić information content (AvgIpc) is 2.49. The van der Waals surface area contributed by atoms with E-state index in [1.54, 1.807) is 24.1 Å². The van der Waals surface area contributed by atoms with Gasteiger partial charge in [-0.05, 0) is 31.4 Å². The lowest BCUT2D eigenvalue weighted by Gasteiger charge is -2.39. The van der Waals surface area contributed by atoms with Gasteiger partial charge in [0.15, 0.2) is 0 Å². The monoisotopic (exact) mass is 310 g/mol. The first-order valence-electron chi connectivity index (χ1n) is 7.59. The molecular formula is C16H23FN2O3. The number of likely N-dealkylation sites (N-methyl/N-ethyl adjacent to an activating group) is 1. The SMILES string of the molecule is CN(C(=O)CCN)[C@@H]1CCC[C@H](Oc2cccc(F)c2)[C@H]1O. The van der Waals surface area contributed by atoms with Gasteiger partial charge >= 0.3 is 0 Å². The number of aliphatic hydroxyl groups excluding tert-OH is 1. The maximum atomic E-state index is 13.2. The van der Waals surface area contributed by atoms with E-state index in [0.29, 0.717) is 12.2 Å². The normalized spacial score (nSPS) is 24.8. The fourth-order valence-electron chi connectivity index (χ4n) is 2.87. The molecule has 1 aromatic carbocycles. The standard InChI is InChI=1S/C16H23FN2O3/c1-19(15(20)8-9-18)13-6-3-7-14(16(13)21)22-12-5-2-4-11(17)10-12/h2,4-5,10,13-14,16,21H,3,6-9,18H2,1H3/t13-,14+,16+/m1/s1. The number of benzene rings is 1. The van der Waals surface area contributed by atoms with Crippen LogP contribution in [0.2, 0.25) is 0 Å². The van der Waals surface area contributed by atoms with E-state index in [1.807, 2.05) is 0 Å². The predicted octanol–water partition coefficient (Wildman–Crippen LogP) is 1.29. The summed E-state index contributed by atoms with van der Waals surface area (Å²) in [5.74, 6) is -0.0758. The molecule has 0 heterocycles. The Bertz CT molecular complexity index is 512. The van der Waals surface area contributed by atoms with Crippen LogP contribution < -0.4 is 10.5 Å². The molecule has 22 heavy (non-hydrogen) atoms. The first-order valence-corrected chi connectivity index (χ1v) is 7.59. The fourth-order valence-corrected chi connectivity index (χ4v) is 2.87. The molecule has 5 nitrogen and oxygen atoms in total. The summed E-state index contributed by atoms with van der Waals surface area (Å²) in [7, 11) is 1.68. The Morgan fingerprint density at radius 2 is 2.27 bits per heavy atom. The number of nitrogens with two attached hydrogens (primary N) is 1. The van der Waals surface area contributed by atoms with Crippen molar-refractivity contribution in [3.63, 3.8) is 0 Å². The van der Waals surface area contributed by atoms with E-state index in [9.17, 15) is 14.3 Å². The quantitative estimate of drug-likeness (QED) is 0.859. The topological polar surface area (TPSA) is 75.8 Å². The van der Waals surface area contributed by atoms with Gasteiger partial charge in [0.1, 0.15) is 23.8 Å². The van der Waals surface area contributed by atoms with Crippen LogP contribution >= 0.6 is 0 Å². The van der Waals surface area contributed by atoms with Crippen LogP contribution in [0.5, 0.6) is 5.75 Å². The highest BCUT2D eigenvalue weighted by Gasteiger charge is 2.37. The van der Waals surface area contributed by atoms with Gasteiger partial charge in [0.25, 0.3) is 0 Å². The van der Waals surface area contributed by atoms with Crippen LogP contribution in [0, 0.1) is 5.82 Å². The molecule has 1 fully saturated rings. The van der Waals surface area contributed by atoms with Crippen LogP contribution in [0.3, 0.4) is 0 Å². The van der Waals surface area contributed by atoms with Crippen molar-refractivity contribution in [3.05, 3.63) is 30.1 Å². The van der Waals surface area contributed by atoms with Gasteiger partial charge in [0.2, 0.25) is 5.91 Å². The highest BCUT2D eigenvalue weighted by Crippen LogP contribution is 2.27. The molecule has 3 N–H and O–H groups in total. The van der Waals surface area contributed by atoms with E-state index >= 15 is 0 Å². The number of ether oxygens (including phenoxy) is 1. The maximum absolute atomic E-state index is 13.2. The van der Waals surface area contributed by atoms with E-state index in [0.717, 1.165) is 12.8 Å². The van der Waals surface area contributed by atoms with Crippen LogP contribution in [0.25, 0.3) is 0 Å². The first kappa shape index (κ1) is 16.7. The molecule has 0 spiro atoms. The summed E-state index contributed by atoms with van der Waals surface area (Å²) >= 11 is 0. The van der Waals surface area contributed by atoms with Gasteiger partial charge in [-0.1, -0.05) is 6.07 Å². The van der Waals surface area contributed by atoms with Crippen molar-refractivity contribution >= 4 is 5.91 Å².